The van der Waals surface area contributed by atoms with Gasteiger partial charge in [0.05, 0.1) is 5.92 Å². The van der Waals surface area contributed by atoms with E-state index in [1.165, 1.54) is 12.8 Å². The lowest BCUT2D eigenvalue weighted by Crippen LogP contribution is -2.43. The van der Waals surface area contributed by atoms with Gasteiger partial charge in [-0.05, 0) is 59.4 Å². The van der Waals surface area contributed by atoms with Crippen LogP contribution < -0.4 is 0 Å². The van der Waals surface area contributed by atoms with E-state index in [0.29, 0.717) is 12.0 Å². The maximum Gasteiger partial charge on any atom is 0.306 e. The van der Waals surface area contributed by atoms with Gasteiger partial charge in [0, 0.05) is 6.04 Å². The Kier molecular flexibility index (Phi) is 5.40. The molecule has 100 valence electrons. The highest BCUT2D eigenvalue weighted by Crippen LogP contribution is 2.26. The molecule has 1 aliphatic heterocycles. The Hall–Kier alpha value is -0.610. The molecule has 0 radical (unpaired) electrons. The van der Waals surface area contributed by atoms with E-state index in [4.69, 9.17) is 5.11 Å². The van der Waals surface area contributed by atoms with E-state index in [-0.39, 0.29) is 5.92 Å². The fourth-order valence-corrected chi connectivity index (χ4v) is 2.70. The highest BCUT2D eigenvalue weighted by atomic mass is 16.4. The molecule has 2 unspecified atom stereocenters. The number of aliphatic carboxylic acids is 1. The molecule has 0 aromatic carbocycles. The minimum atomic E-state index is -0.676. The van der Waals surface area contributed by atoms with E-state index in [2.05, 4.69) is 30.9 Å². The van der Waals surface area contributed by atoms with Gasteiger partial charge in [-0.25, -0.2) is 0 Å². The van der Waals surface area contributed by atoms with Gasteiger partial charge in [-0.3, -0.25) is 4.79 Å². The Bertz CT molecular complexity index is 248. The molecule has 1 aliphatic rings. The van der Waals surface area contributed by atoms with Crippen LogP contribution in [0, 0.1) is 11.8 Å². The number of carboxylic acid groups (broad SMARTS) is 1. The van der Waals surface area contributed by atoms with E-state index in [0.717, 1.165) is 19.5 Å². The molecule has 1 fully saturated rings. The van der Waals surface area contributed by atoms with Crippen molar-refractivity contribution in [3.05, 3.63) is 0 Å². The van der Waals surface area contributed by atoms with Gasteiger partial charge in [0.15, 0.2) is 0 Å². The average Bonchev–Trinajstić information content (AvgIpc) is 2.26. The summed E-state index contributed by atoms with van der Waals surface area (Å²) in [7, 11) is 6.29. The maximum atomic E-state index is 11.0. The van der Waals surface area contributed by atoms with Crippen LogP contribution in [-0.4, -0.2) is 61.2 Å². The van der Waals surface area contributed by atoms with Crippen LogP contribution in [0.25, 0.3) is 0 Å². The Morgan fingerprint density at radius 1 is 1.41 bits per heavy atom. The first kappa shape index (κ1) is 14.5. The summed E-state index contributed by atoms with van der Waals surface area (Å²) in [5, 5.41) is 9.03. The molecule has 0 aromatic rings. The molecule has 0 spiro atoms. The second-order valence-electron chi connectivity index (χ2n) is 5.65. The molecule has 0 amide bonds. The fourth-order valence-electron chi connectivity index (χ4n) is 2.70. The highest BCUT2D eigenvalue weighted by molar-refractivity contribution is 5.69. The summed E-state index contributed by atoms with van der Waals surface area (Å²) in [4.78, 5) is 15.5. The van der Waals surface area contributed by atoms with Crippen LogP contribution in [0.1, 0.15) is 26.2 Å². The lowest BCUT2D eigenvalue weighted by molar-refractivity contribution is -0.142. The summed E-state index contributed by atoms with van der Waals surface area (Å²) in [6, 6.07) is 0.398. The predicted octanol–water partition coefficient (Wildman–Crippen LogP) is 1.37. The Morgan fingerprint density at radius 2 is 1.94 bits per heavy atom. The monoisotopic (exact) mass is 242 g/mol. The number of hydrogen-bond donors (Lipinski definition) is 1. The van der Waals surface area contributed by atoms with Crippen LogP contribution in [0.4, 0.5) is 0 Å². The van der Waals surface area contributed by atoms with Crippen LogP contribution >= 0.6 is 0 Å². The van der Waals surface area contributed by atoms with E-state index >= 15 is 0 Å². The third-order valence-electron chi connectivity index (χ3n) is 3.99. The van der Waals surface area contributed by atoms with Gasteiger partial charge in [0.1, 0.15) is 0 Å². The van der Waals surface area contributed by atoms with Gasteiger partial charge in [0.2, 0.25) is 0 Å². The zero-order valence-corrected chi connectivity index (χ0v) is 11.5. The van der Waals surface area contributed by atoms with Gasteiger partial charge < -0.3 is 14.9 Å². The molecule has 17 heavy (non-hydrogen) atoms. The molecule has 0 aromatic heterocycles. The van der Waals surface area contributed by atoms with Gasteiger partial charge in [-0.15, -0.1) is 0 Å². The first-order valence-electron chi connectivity index (χ1n) is 6.49. The van der Waals surface area contributed by atoms with E-state index in [9.17, 15) is 4.79 Å². The third-order valence-corrected chi connectivity index (χ3v) is 3.99. The molecule has 0 bridgehead atoms. The van der Waals surface area contributed by atoms with Crippen LogP contribution in [0.5, 0.6) is 0 Å². The van der Waals surface area contributed by atoms with E-state index in [1.807, 2.05) is 6.92 Å². The van der Waals surface area contributed by atoms with Crippen molar-refractivity contribution in [1.29, 1.82) is 0 Å². The summed E-state index contributed by atoms with van der Waals surface area (Å²) in [6.45, 7) is 4.08. The molecular formula is C13H26N2O2. The van der Waals surface area contributed by atoms with Crippen LogP contribution in [0.2, 0.25) is 0 Å². The number of nitrogens with zero attached hydrogens (tertiary/aromatic N) is 2. The topological polar surface area (TPSA) is 43.8 Å². The molecule has 0 saturated carbocycles. The lowest BCUT2D eigenvalue weighted by Gasteiger charge is -2.38. The van der Waals surface area contributed by atoms with Gasteiger partial charge >= 0.3 is 5.97 Å². The number of carboxylic acids is 1. The molecule has 1 saturated heterocycles. The number of carbonyl (C=O) groups is 1. The minimum absolute atomic E-state index is 0.248. The largest absolute Gasteiger partial charge is 0.481 e. The van der Waals surface area contributed by atoms with Crippen molar-refractivity contribution in [1.82, 2.24) is 9.80 Å². The Labute approximate surface area is 105 Å². The van der Waals surface area contributed by atoms with Crippen molar-refractivity contribution < 1.29 is 9.90 Å². The van der Waals surface area contributed by atoms with Crippen molar-refractivity contribution in [2.45, 2.75) is 32.2 Å². The summed E-state index contributed by atoms with van der Waals surface area (Å²) in [5.74, 6) is -0.283. The van der Waals surface area contributed by atoms with Crippen molar-refractivity contribution in [3.63, 3.8) is 0 Å². The first-order valence-corrected chi connectivity index (χ1v) is 6.49. The molecule has 0 aliphatic carbocycles. The van der Waals surface area contributed by atoms with Crippen molar-refractivity contribution in [2.24, 2.45) is 11.8 Å². The van der Waals surface area contributed by atoms with Crippen LogP contribution in [0.3, 0.4) is 0 Å². The van der Waals surface area contributed by atoms with Crippen molar-refractivity contribution in [3.8, 4) is 0 Å². The molecule has 1 rings (SSSR count). The van der Waals surface area contributed by atoms with E-state index < -0.39 is 5.97 Å². The average molecular weight is 242 g/mol. The summed E-state index contributed by atoms with van der Waals surface area (Å²) < 4.78 is 0. The number of rotatable bonds is 5. The number of hydrogen-bond acceptors (Lipinski definition) is 3. The number of likely N-dealkylation sites (tertiary alicyclic amines) is 1. The van der Waals surface area contributed by atoms with Gasteiger partial charge in [-0.1, -0.05) is 6.92 Å². The standard InChI is InChI=1S/C13H26N2O2/c1-10(13(16)17)9-12(14(2)3)11-5-7-15(4)8-6-11/h10-12H,5-9H2,1-4H3,(H,16,17). The summed E-state index contributed by atoms with van der Waals surface area (Å²) in [5.41, 5.74) is 0. The van der Waals surface area contributed by atoms with Crippen molar-refractivity contribution >= 4 is 5.97 Å². The lowest BCUT2D eigenvalue weighted by atomic mass is 9.84. The smallest absolute Gasteiger partial charge is 0.306 e. The van der Waals surface area contributed by atoms with Gasteiger partial charge in [-0.2, -0.15) is 0 Å². The highest BCUT2D eigenvalue weighted by Gasteiger charge is 2.29. The SMILES string of the molecule is CC(CC(C1CCN(C)CC1)N(C)C)C(=O)O. The van der Waals surface area contributed by atoms with Gasteiger partial charge in [0.25, 0.3) is 0 Å². The predicted molar refractivity (Wildman–Crippen MR) is 69.1 cm³/mol. The second-order valence-corrected chi connectivity index (χ2v) is 5.65. The van der Waals surface area contributed by atoms with Crippen LogP contribution in [0.15, 0.2) is 0 Å². The van der Waals surface area contributed by atoms with E-state index in [1.54, 1.807) is 0 Å². The quantitative estimate of drug-likeness (QED) is 0.791. The maximum absolute atomic E-state index is 11.0. The zero-order valence-electron chi connectivity index (χ0n) is 11.5. The number of piperidine rings is 1. The zero-order chi connectivity index (χ0) is 13.0. The second kappa shape index (κ2) is 6.36. The van der Waals surface area contributed by atoms with Crippen LogP contribution in [-0.2, 0) is 4.79 Å². The minimum Gasteiger partial charge on any atom is -0.481 e. The Morgan fingerprint density at radius 3 is 2.35 bits per heavy atom. The Balaban J connectivity index is 2.56. The normalized spacial score (nSPS) is 22.6. The third kappa shape index (κ3) is 4.28. The molecule has 2 atom stereocenters. The molecule has 1 heterocycles. The molecule has 4 heteroatoms. The molecular weight excluding hydrogens is 216 g/mol. The summed E-state index contributed by atoms with van der Waals surface area (Å²) >= 11 is 0. The van der Waals surface area contributed by atoms with Crippen molar-refractivity contribution in [2.75, 3.05) is 34.2 Å². The fraction of sp³-hybridized carbons (Fsp3) is 0.923. The summed E-state index contributed by atoms with van der Waals surface area (Å²) in [6.07, 6.45) is 3.13. The first-order chi connectivity index (χ1) is 7.91. The molecule has 1 N–H and O–H groups in total. The molecule has 4 nitrogen and oxygen atoms in total.